The summed E-state index contributed by atoms with van der Waals surface area (Å²) in [6, 6.07) is 5.54. The summed E-state index contributed by atoms with van der Waals surface area (Å²) in [7, 11) is 1.57. The summed E-state index contributed by atoms with van der Waals surface area (Å²) in [5.41, 5.74) is -0.529. The Morgan fingerprint density at radius 3 is 2.71 bits per heavy atom. The van der Waals surface area contributed by atoms with Crippen molar-refractivity contribution in [2.24, 2.45) is 0 Å². The largest absolute Gasteiger partial charge is 0.496 e. The average molecular weight is 302 g/mol. The van der Waals surface area contributed by atoms with Crippen molar-refractivity contribution in [1.82, 2.24) is 5.32 Å². The fraction of sp³-hybridized carbons (Fsp3) is 0.417. The molecule has 0 fully saturated rings. The van der Waals surface area contributed by atoms with Crippen LogP contribution in [0.15, 0.2) is 22.7 Å². The minimum absolute atomic E-state index is 0.311. The van der Waals surface area contributed by atoms with E-state index in [2.05, 4.69) is 21.2 Å². The van der Waals surface area contributed by atoms with Crippen molar-refractivity contribution in [3.05, 3.63) is 28.2 Å². The predicted molar refractivity (Wildman–Crippen MR) is 68.8 cm³/mol. The fourth-order valence-electron chi connectivity index (χ4n) is 1.28. The number of halogens is 1. The summed E-state index contributed by atoms with van der Waals surface area (Å²) in [6.07, 6.45) is 0. The lowest BCUT2D eigenvalue weighted by Crippen LogP contribution is -2.41. The highest BCUT2D eigenvalue weighted by Crippen LogP contribution is 2.22. The number of amides is 1. The van der Waals surface area contributed by atoms with E-state index in [-0.39, 0.29) is 0 Å². The Morgan fingerprint density at radius 1 is 1.53 bits per heavy atom. The van der Waals surface area contributed by atoms with Gasteiger partial charge in [0.25, 0.3) is 5.91 Å². The Kier molecular flexibility index (Phi) is 4.54. The molecule has 1 aromatic carbocycles. The number of nitrogens with one attached hydrogen (secondary N) is 1. The molecule has 94 valence electrons. The molecule has 0 aliphatic carbocycles. The predicted octanol–water partition coefficient (Wildman–Crippen LogP) is 1.84. The molecule has 0 aliphatic rings. The zero-order chi connectivity index (χ0) is 13.1. The standard InChI is InChI=1S/C12H16BrNO3/c1-12(2,16)11(15)14-7-8-6-9(13)4-5-10(8)17-3/h4-6,16H,7H2,1-3H3,(H,14,15). The molecule has 0 unspecified atom stereocenters. The lowest BCUT2D eigenvalue weighted by atomic mass is 10.1. The summed E-state index contributed by atoms with van der Waals surface area (Å²) in [5, 5.41) is 12.1. The number of benzene rings is 1. The van der Waals surface area contributed by atoms with Crippen LogP contribution in [-0.4, -0.2) is 23.7 Å². The van der Waals surface area contributed by atoms with E-state index in [4.69, 9.17) is 4.74 Å². The third-order valence-corrected chi connectivity index (χ3v) is 2.73. The van der Waals surface area contributed by atoms with Gasteiger partial charge >= 0.3 is 0 Å². The van der Waals surface area contributed by atoms with Crippen LogP contribution >= 0.6 is 15.9 Å². The number of methoxy groups -OCH3 is 1. The van der Waals surface area contributed by atoms with Crippen LogP contribution < -0.4 is 10.1 Å². The number of hydrogen-bond acceptors (Lipinski definition) is 3. The summed E-state index contributed by atoms with van der Waals surface area (Å²) in [6.45, 7) is 3.20. The molecule has 0 aliphatic heterocycles. The zero-order valence-electron chi connectivity index (χ0n) is 10.1. The maximum atomic E-state index is 11.5. The average Bonchev–Trinajstić information content (AvgIpc) is 2.24. The van der Waals surface area contributed by atoms with Crippen LogP contribution in [0, 0.1) is 0 Å². The molecule has 2 N–H and O–H groups in total. The van der Waals surface area contributed by atoms with Crippen LogP contribution in [-0.2, 0) is 11.3 Å². The Balaban J connectivity index is 2.75. The first-order valence-corrected chi connectivity index (χ1v) is 5.97. The van der Waals surface area contributed by atoms with Gasteiger partial charge in [0.15, 0.2) is 0 Å². The second-order valence-corrected chi connectivity index (χ2v) is 5.11. The van der Waals surface area contributed by atoms with E-state index in [0.717, 1.165) is 10.0 Å². The molecule has 0 bridgehead atoms. The summed E-state index contributed by atoms with van der Waals surface area (Å²) >= 11 is 3.35. The molecular weight excluding hydrogens is 286 g/mol. The van der Waals surface area contributed by atoms with E-state index >= 15 is 0 Å². The van der Waals surface area contributed by atoms with Gasteiger partial charge in [-0.3, -0.25) is 4.79 Å². The van der Waals surface area contributed by atoms with Gasteiger partial charge in [-0.1, -0.05) is 15.9 Å². The normalized spacial score (nSPS) is 11.1. The second kappa shape index (κ2) is 5.51. The molecule has 0 saturated carbocycles. The van der Waals surface area contributed by atoms with Gasteiger partial charge in [-0.25, -0.2) is 0 Å². The van der Waals surface area contributed by atoms with Gasteiger partial charge in [0.1, 0.15) is 11.4 Å². The highest BCUT2D eigenvalue weighted by molar-refractivity contribution is 9.10. The molecular formula is C12H16BrNO3. The molecule has 0 atom stereocenters. The number of carbonyl (C=O) groups excluding carboxylic acids is 1. The van der Waals surface area contributed by atoms with Gasteiger partial charge in [-0.15, -0.1) is 0 Å². The highest BCUT2D eigenvalue weighted by atomic mass is 79.9. The summed E-state index contributed by atoms with van der Waals surface area (Å²) in [5.74, 6) is 0.281. The van der Waals surface area contributed by atoms with Gasteiger partial charge in [0, 0.05) is 16.6 Å². The Morgan fingerprint density at radius 2 is 2.18 bits per heavy atom. The summed E-state index contributed by atoms with van der Waals surface area (Å²) in [4.78, 5) is 11.5. The third-order valence-electron chi connectivity index (χ3n) is 2.24. The molecule has 0 saturated heterocycles. The van der Waals surface area contributed by atoms with Crippen molar-refractivity contribution in [2.75, 3.05) is 7.11 Å². The van der Waals surface area contributed by atoms with E-state index in [9.17, 15) is 9.90 Å². The van der Waals surface area contributed by atoms with Crippen LogP contribution in [0.1, 0.15) is 19.4 Å². The quantitative estimate of drug-likeness (QED) is 0.892. The van der Waals surface area contributed by atoms with Crippen molar-refractivity contribution in [3.63, 3.8) is 0 Å². The highest BCUT2D eigenvalue weighted by Gasteiger charge is 2.23. The van der Waals surface area contributed by atoms with Crippen LogP contribution in [0.2, 0.25) is 0 Å². The number of carbonyl (C=O) groups is 1. The number of ether oxygens (including phenoxy) is 1. The summed E-state index contributed by atoms with van der Waals surface area (Å²) < 4.78 is 6.09. The Bertz CT molecular complexity index is 413. The van der Waals surface area contributed by atoms with Crippen molar-refractivity contribution < 1.29 is 14.6 Å². The molecule has 1 rings (SSSR count). The first kappa shape index (κ1) is 14.0. The van der Waals surface area contributed by atoms with Gasteiger partial charge in [-0.2, -0.15) is 0 Å². The van der Waals surface area contributed by atoms with E-state index in [1.807, 2.05) is 18.2 Å². The lowest BCUT2D eigenvalue weighted by molar-refractivity contribution is -0.136. The minimum Gasteiger partial charge on any atom is -0.496 e. The Hall–Kier alpha value is -1.07. The van der Waals surface area contributed by atoms with E-state index < -0.39 is 11.5 Å². The monoisotopic (exact) mass is 301 g/mol. The van der Waals surface area contributed by atoms with Gasteiger partial charge < -0.3 is 15.2 Å². The molecule has 0 radical (unpaired) electrons. The van der Waals surface area contributed by atoms with Crippen molar-refractivity contribution >= 4 is 21.8 Å². The Labute approximate surface area is 109 Å². The van der Waals surface area contributed by atoms with Crippen molar-refractivity contribution in [1.29, 1.82) is 0 Å². The fourth-order valence-corrected chi connectivity index (χ4v) is 1.69. The molecule has 0 heterocycles. The van der Waals surface area contributed by atoms with E-state index in [1.54, 1.807) is 7.11 Å². The zero-order valence-corrected chi connectivity index (χ0v) is 11.7. The van der Waals surface area contributed by atoms with Gasteiger partial charge in [0.05, 0.1) is 7.11 Å². The van der Waals surface area contributed by atoms with E-state index in [1.165, 1.54) is 13.8 Å². The van der Waals surface area contributed by atoms with Crippen molar-refractivity contribution in [2.45, 2.75) is 26.0 Å². The van der Waals surface area contributed by atoms with Crippen LogP contribution in [0.25, 0.3) is 0 Å². The van der Waals surface area contributed by atoms with Gasteiger partial charge in [-0.05, 0) is 32.0 Å². The second-order valence-electron chi connectivity index (χ2n) is 4.20. The first-order chi connectivity index (χ1) is 7.84. The number of hydrogen-bond donors (Lipinski definition) is 2. The molecule has 1 amide bonds. The SMILES string of the molecule is COc1ccc(Br)cc1CNC(=O)C(C)(C)O. The van der Waals surface area contributed by atoms with Gasteiger partial charge in [0.2, 0.25) is 0 Å². The first-order valence-electron chi connectivity index (χ1n) is 5.17. The smallest absolute Gasteiger partial charge is 0.251 e. The number of rotatable bonds is 4. The maximum Gasteiger partial charge on any atom is 0.251 e. The van der Waals surface area contributed by atoms with Crippen LogP contribution in [0.4, 0.5) is 0 Å². The third kappa shape index (κ3) is 4.02. The molecule has 1 aromatic rings. The molecule has 4 nitrogen and oxygen atoms in total. The number of aliphatic hydroxyl groups is 1. The molecule has 0 aromatic heterocycles. The lowest BCUT2D eigenvalue weighted by Gasteiger charge is -2.17. The van der Waals surface area contributed by atoms with Crippen LogP contribution in [0.5, 0.6) is 5.75 Å². The molecule has 0 spiro atoms. The molecule has 5 heteroatoms. The topological polar surface area (TPSA) is 58.6 Å². The van der Waals surface area contributed by atoms with Crippen molar-refractivity contribution in [3.8, 4) is 5.75 Å². The minimum atomic E-state index is -1.38. The maximum absolute atomic E-state index is 11.5. The molecule has 17 heavy (non-hydrogen) atoms. The van der Waals surface area contributed by atoms with E-state index in [0.29, 0.717) is 12.3 Å². The van der Waals surface area contributed by atoms with Crippen LogP contribution in [0.3, 0.4) is 0 Å².